The summed E-state index contributed by atoms with van der Waals surface area (Å²) in [6.45, 7) is 9.32. The third kappa shape index (κ3) is 6.33. The van der Waals surface area contributed by atoms with Gasteiger partial charge in [0, 0.05) is 33.4 Å². The first-order chi connectivity index (χ1) is 12.3. The number of unbranched alkanes of at least 4 members (excludes halogenated alkanes) is 2. The molecule has 1 heterocycles. The number of morpholine rings is 1. The largest absolute Gasteiger partial charge is 0.385 e. The molecule has 5 nitrogen and oxygen atoms in total. The lowest BCUT2D eigenvalue weighted by Crippen LogP contribution is -2.48. The molecule has 1 aromatic rings. The number of rotatable bonds is 8. The molecule has 0 radical (unpaired) electrons. The van der Waals surface area contributed by atoms with Gasteiger partial charge in [-0.15, -0.1) is 0 Å². The Bertz CT molecular complexity index is 533. The van der Waals surface area contributed by atoms with Gasteiger partial charge < -0.3 is 19.7 Å². The van der Waals surface area contributed by atoms with E-state index >= 15 is 0 Å². The van der Waals surface area contributed by atoms with E-state index in [0.29, 0.717) is 0 Å². The van der Waals surface area contributed by atoms with Gasteiger partial charge in [-0.2, -0.15) is 0 Å². The highest BCUT2D eigenvalue weighted by Crippen LogP contribution is 2.24. The van der Waals surface area contributed by atoms with Crippen LogP contribution in [0.15, 0.2) is 29.3 Å². The predicted octanol–water partition coefficient (Wildman–Crippen LogP) is 3.15. The van der Waals surface area contributed by atoms with Crippen LogP contribution in [-0.2, 0) is 9.47 Å². The molecule has 1 aliphatic rings. The molecular formula is C20H33N3O2. The Kier molecular flexibility index (Phi) is 8.77. The lowest BCUT2D eigenvalue weighted by atomic mass is 10.0. The SMILES string of the molecule is CCNC(=NCCCCCOC)N1CCOC(c2ccccc2C)C1. The van der Waals surface area contributed by atoms with Gasteiger partial charge in [0.2, 0.25) is 0 Å². The second kappa shape index (κ2) is 11.1. The van der Waals surface area contributed by atoms with Crippen molar-refractivity contribution in [2.24, 2.45) is 4.99 Å². The van der Waals surface area contributed by atoms with Crippen LogP contribution in [0.3, 0.4) is 0 Å². The molecule has 5 heteroatoms. The van der Waals surface area contributed by atoms with Gasteiger partial charge in [0.1, 0.15) is 6.10 Å². The summed E-state index contributed by atoms with van der Waals surface area (Å²) in [7, 11) is 1.75. The third-order valence-corrected chi connectivity index (χ3v) is 4.50. The van der Waals surface area contributed by atoms with Crippen molar-refractivity contribution in [1.29, 1.82) is 0 Å². The van der Waals surface area contributed by atoms with Crippen molar-refractivity contribution in [2.75, 3.05) is 46.5 Å². The van der Waals surface area contributed by atoms with Crippen LogP contribution in [0.4, 0.5) is 0 Å². The molecule has 140 valence electrons. The topological polar surface area (TPSA) is 46.1 Å². The van der Waals surface area contributed by atoms with E-state index in [1.54, 1.807) is 7.11 Å². The minimum atomic E-state index is 0.112. The number of ether oxygens (including phenoxy) is 2. The van der Waals surface area contributed by atoms with Crippen LogP contribution in [0.5, 0.6) is 0 Å². The monoisotopic (exact) mass is 347 g/mol. The first-order valence-electron chi connectivity index (χ1n) is 9.45. The molecule has 0 aromatic heterocycles. The van der Waals surface area contributed by atoms with Crippen molar-refractivity contribution in [1.82, 2.24) is 10.2 Å². The summed E-state index contributed by atoms with van der Waals surface area (Å²) in [5.74, 6) is 1.01. The zero-order valence-electron chi connectivity index (χ0n) is 16.0. The van der Waals surface area contributed by atoms with Crippen LogP contribution in [-0.4, -0.2) is 57.4 Å². The summed E-state index contributed by atoms with van der Waals surface area (Å²) in [5, 5.41) is 3.44. The van der Waals surface area contributed by atoms with Crippen LogP contribution in [0, 0.1) is 6.92 Å². The summed E-state index contributed by atoms with van der Waals surface area (Å²) in [4.78, 5) is 7.15. The molecule has 0 amide bonds. The van der Waals surface area contributed by atoms with E-state index in [0.717, 1.165) is 64.6 Å². The van der Waals surface area contributed by atoms with E-state index in [1.807, 2.05) is 0 Å². The molecule has 1 unspecified atom stereocenters. The van der Waals surface area contributed by atoms with Crippen molar-refractivity contribution < 1.29 is 9.47 Å². The van der Waals surface area contributed by atoms with E-state index in [-0.39, 0.29) is 6.10 Å². The highest BCUT2D eigenvalue weighted by atomic mass is 16.5. The van der Waals surface area contributed by atoms with Crippen LogP contribution >= 0.6 is 0 Å². The first kappa shape index (κ1) is 19.7. The maximum absolute atomic E-state index is 6.03. The van der Waals surface area contributed by atoms with Gasteiger partial charge in [0.25, 0.3) is 0 Å². The van der Waals surface area contributed by atoms with Gasteiger partial charge >= 0.3 is 0 Å². The quantitative estimate of drug-likeness (QED) is 0.446. The molecule has 0 bridgehead atoms. The Morgan fingerprint density at radius 3 is 2.92 bits per heavy atom. The fourth-order valence-corrected chi connectivity index (χ4v) is 3.12. The fraction of sp³-hybridized carbons (Fsp3) is 0.650. The Balaban J connectivity index is 1.94. The normalized spacial score (nSPS) is 18.4. The molecule has 25 heavy (non-hydrogen) atoms. The second-order valence-electron chi connectivity index (χ2n) is 6.45. The summed E-state index contributed by atoms with van der Waals surface area (Å²) in [6, 6.07) is 8.48. The lowest BCUT2D eigenvalue weighted by Gasteiger charge is -2.35. The number of guanidine groups is 1. The van der Waals surface area contributed by atoms with Gasteiger partial charge in [0.15, 0.2) is 5.96 Å². The second-order valence-corrected chi connectivity index (χ2v) is 6.45. The lowest BCUT2D eigenvalue weighted by molar-refractivity contribution is -0.00832. The smallest absolute Gasteiger partial charge is 0.194 e. The molecule has 2 rings (SSSR count). The van der Waals surface area contributed by atoms with Crippen molar-refractivity contribution in [3.05, 3.63) is 35.4 Å². The fourth-order valence-electron chi connectivity index (χ4n) is 3.12. The van der Waals surface area contributed by atoms with E-state index < -0.39 is 0 Å². The van der Waals surface area contributed by atoms with Gasteiger partial charge in [-0.05, 0) is 44.2 Å². The molecule has 1 atom stereocenters. The average Bonchev–Trinajstić information content (AvgIpc) is 2.64. The minimum absolute atomic E-state index is 0.112. The number of aryl methyl sites for hydroxylation is 1. The first-order valence-corrected chi connectivity index (χ1v) is 9.45. The van der Waals surface area contributed by atoms with Crippen molar-refractivity contribution in [2.45, 2.75) is 39.2 Å². The predicted molar refractivity (Wildman–Crippen MR) is 103 cm³/mol. The van der Waals surface area contributed by atoms with Gasteiger partial charge in [-0.3, -0.25) is 4.99 Å². The molecule has 1 fully saturated rings. The number of methoxy groups -OCH3 is 1. The molecule has 1 N–H and O–H groups in total. The van der Waals surface area contributed by atoms with Gasteiger partial charge in [0.05, 0.1) is 13.2 Å². The Labute approximate surface area is 152 Å². The molecule has 0 saturated carbocycles. The van der Waals surface area contributed by atoms with Gasteiger partial charge in [-0.25, -0.2) is 0 Å². The van der Waals surface area contributed by atoms with Gasteiger partial charge in [-0.1, -0.05) is 24.3 Å². The Morgan fingerprint density at radius 2 is 2.16 bits per heavy atom. The van der Waals surface area contributed by atoms with Crippen LogP contribution in [0.25, 0.3) is 0 Å². The zero-order chi connectivity index (χ0) is 17.9. The average molecular weight is 348 g/mol. The molecule has 1 aromatic carbocycles. The number of hydrogen-bond acceptors (Lipinski definition) is 3. The molecule has 1 saturated heterocycles. The summed E-state index contributed by atoms with van der Waals surface area (Å²) >= 11 is 0. The van der Waals surface area contributed by atoms with Crippen LogP contribution in [0.1, 0.15) is 43.4 Å². The van der Waals surface area contributed by atoms with Crippen molar-refractivity contribution >= 4 is 5.96 Å². The van der Waals surface area contributed by atoms with Crippen molar-refractivity contribution in [3.8, 4) is 0 Å². The minimum Gasteiger partial charge on any atom is -0.385 e. The highest BCUT2D eigenvalue weighted by molar-refractivity contribution is 5.80. The number of hydrogen-bond donors (Lipinski definition) is 1. The molecule has 1 aliphatic heterocycles. The summed E-state index contributed by atoms with van der Waals surface area (Å²) < 4.78 is 11.1. The van der Waals surface area contributed by atoms with E-state index in [9.17, 15) is 0 Å². The number of benzene rings is 1. The van der Waals surface area contributed by atoms with E-state index in [1.165, 1.54) is 11.1 Å². The maximum Gasteiger partial charge on any atom is 0.194 e. The maximum atomic E-state index is 6.03. The highest BCUT2D eigenvalue weighted by Gasteiger charge is 2.24. The number of nitrogens with zero attached hydrogens (tertiary/aromatic N) is 2. The van der Waals surface area contributed by atoms with Crippen molar-refractivity contribution in [3.63, 3.8) is 0 Å². The molecule has 0 aliphatic carbocycles. The number of aliphatic imine (C=N–C) groups is 1. The Hall–Kier alpha value is -1.59. The zero-order valence-corrected chi connectivity index (χ0v) is 16.0. The van der Waals surface area contributed by atoms with Crippen LogP contribution < -0.4 is 5.32 Å². The Morgan fingerprint density at radius 1 is 1.32 bits per heavy atom. The third-order valence-electron chi connectivity index (χ3n) is 4.50. The summed E-state index contributed by atoms with van der Waals surface area (Å²) in [6.07, 6.45) is 3.48. The van der Waals surface area contributed by atoms with E-state index in [2.05, 4.69) is 48.3 Å². The van der Waals surface area contributed by atoms with E-state index in [4.69, 9.17) is 14.5 Å². The molecular weight excluding hydrogens is 314 g/mol. The number of nitrogens with one attached hydrogen (secondary N) is 1. The standard InChI is InChI=1S/C20H33N3O2/c1-4-21-20(22-12-8-5-9-14-24-3)23-13-15-25-19(16-23)18-11-7-6-10-17(18)2/h6-7,10-11,19H,4-5,8-9,12-16H2,1-3H3,(H,21,22). The molecule has 0 spiro atoms. The van der Waals surface area contributed by atoms with Crippen LogP contribution in [0.2, 0.25) is 0 Å². The summed E-state index contributed by atoms with van der Waals surface area (Å²) in [5.41, 5.74) is 2.57.